The molecule has 0 aliphatic heterocycles. The number of thiazole rings is 1. The number of aliphatic carboxylic acids is 1. The Bertz CT molecular complexity index is 398. The zero-order chi connectivity index (χ0) is 14.1. The number of nitrogens with zero attached hydrogens (tertiary/aromatic N) is 1. The van der Waals surface area contributed by atoms with Crippen LogP contribution in [0.3, 0.4) is 0 Å². The summed E-state index contributed by atoms with van der Waals surface area (Å²) in [6, 6.07) is -1.30. The third-order valence-electron chi connectivity index (χ3n) is 2.36. The van der Waals surface area contributed by atoms with Crippen molar-refractivity contribution in [3.63, 3.8) is 0 Å². The third-order valence-corrected chi connectivity index (χ3v) is 3.64. The number of aromatic nitrogens is 1. The highest BCUT2D eigenvalue weighted by atomic mass is 32.2. The quantitative estimate of drug-likeness (QED) is 0.671. The van der Waals surface area contributed by atoms with Crippen molar-refractivity contribution >= 4 is 35.1 Å². The molecule has 0 spiro atoms. The molecule has 2 amide bonds. The Morgan fingerprint density at radius 1 is 1.58 bits per heavy atom. The van der Waals surface area contributed by atoms with E-state index in [1.807, 2.05) is 11.6 Å². The van der Waals surface area contributed by atoms with Crippen LogP contribution in [0.15, 0.2) is 10.9 Å². The molecule has 0 aliphatic carbocycles. The topological polar surface area (TPSA) is 91.3 Å². The first-order valence-electron chi connectivity index (χ1n) is 5.76. The largest absolute Gasteiger partial charge is 0.480 e. The second-order valence-corrected chi connectivity index (χ2v) is 5.51. The summed E-state index contributed by atoms with van der Waals surface area (Å²) in [5.74, 6) is -0.320. The Labute approximate surface area is 120 Å². The molecule has 6 nitrogen and oxygen atoms in total. The van der Waals surface area contributed by atoms with Crippen molar-refractivity contribution in [3.8, 4) is 0 Å². The minimum Gasteiger partial charge on any atom is -0.480 e. The number of urea groups is 1. The number of carbonyl (C=O) groups is 2. The minimum atomic E-state index is -1.01. The van der Waals surface area contributed by atoms with E-state index in [0.717, 1.165) is 5.69 Å². The van der Waals surface area contributed by atoms with Crippen LogP contribution in [0.5, 0.6) is 0 Å². The Morgan fingerprint density at radius 2 is 2.37 bits per heavy atom. The summed E-state index contributed by atoms with van der Waals surface area (Å²) in [5.41, 5.74) is 2.65. The molecule has 0 aromatic carbocycles. The maximum absolute atomic E-state index is 11.5. The monoisotopic (exact) mass is 303 g/mol. The average Bonchev–Trinajstić information content (AvgIpc) is 2.87. The second-order valence-electron chi connectivity index (χ2n) is 3.80. The van der Waals surface area contributed by atoms with Crippen LogP contribution < -0.4 is 10.6 Å². The Morgan fingerprint density at radius 3 is 2.95 bits per heavy atom. The molecule has 1 aromatic heterocycles. The van der Waals surface area contributed by atoms with E-state index < -0.39 is 18.0 Å². The van der Waals surface area contributed by atoms with E-state index in [2.05, 4.69) is 15.6 Å². The molecule has 8 heteroatoms. The van der Waals surface area contributed by atoms with Crippen molar-refractivity contribution in [2.45, 2.75) is 18.9 Å². The van der Waals surface area contributed by atoms with Gasteiger partial charge in [-0.1, -0.05) is 0 Å². The normalized spacial score (nSPS) is 11.8. The maximum Gasteiger partial charge on any atom is 0.326 e. The first kappa shape index (κ1) is 15.8. The summed E-state index contributed by atoms with van der Waals surface area (Å²) in [6.07, 6.45) is 2.95. The van der Waals surface area contributed by atoms with Gasteiger partial charge in [-0.3, -0.25) is 0 Å². The third kappa shape index (κ3) is 6.44. The van der Waals surface area contributed by atoms with Crippen LogP contribution in [-0.4, -0.2) is 46.7 Å². The molecule has 0 aliphatic rings. The summed E-state index contributed by atoms with van der Waals surface area (Å²) in [6.45, 7) is 0.435. The van der Waals surface area contributed by atoms with E-state index in [1.54, 1.807) is 17.3 Å². The van der Waals surface area contributed by atoms with Gasteiger partial charge in [0.15, 0.2) is 0 Å². The highest BCUT2D eigenvalue weighted by molar-refractivity contribution is 7.98. The minimum absolute atomic E-state index is 0.413. The van der Waals surface area contributed by atoms with E-state index in [9.17, 15) is 9.59 Å². The molecule has 106 valence electrons. The van der Waals surface area contributed by atoms with E-state index in [4.69, 9.17) is 5.11 Å². The highest BCUT2D eigenvalue weighted by Crippen LogP contribution is 2.02. The fourth-order valence-electron chi connectivity index (χ4n) is 1.37. The number of carboxylic acids is 1. The lowest BCUT2D eigenvalue weighted by Gasteiger charge is -2.14. The summed E-state index contributed by atoms with van der Waals surface area (Å²) in [5, 5.41) is 16.0. The number of hydrogen-bond donors (Lipinski definition) is 3. The smallest absolute Gasteiger partial charge is 0.326 e. The Balaban J connectivity index is 2.25. The lowest BCUT2D eigenvalue weighted by Crippen LogP contribution is -2.46. The van der Waals surface area contributed by atoms with Crippen LogP contribution in [0, 0.1) is 0 Å². The van der Waals surface area contributed by atoms with Crippen LogP contribution in [0.1, 0.15) is 12.1 Å². The van der Waals surface area contributed by atoms with E-state index >= 15 is 0 Å². The van der Waals surface area contributed by atoms with E-state index in [1.165, 1.54) is 11.3 Å². The number of rotatable bonds is 8. The number of nitrogens with one attached hydrogen (secondary N) is 2. The zero-order valence-corrected chi connectivity index (χ0v) is 12.2. The van der Waals surface area contributed by atoms with Gasteiger partial charge in [-0.15, -0.1) is 11.3 Å². The predicted molar refractivity (Wildman–Crippen MR) is 76.8 cm³/mol. The van der Waals surface area contributed by atoms with Crippen molar-refractivity contribution in [1.29, 1.82) is 0 Å². The first-order chi connectivity index (χ1) is 9.13. The molecule has 19 heavy (non-hydrogen) atoms. The average molecular weight is 303 g/mol. The molecule has 1 rings (SSSR count). The summed E-state index contributed by atoms with van der Waals surface area (Å²) >= 11 is 3.05. The number of amides is 2. The molecule has 1 heterocycles. The van der Waals surface area contributed by atoms with Crippen LogP contribution in [0.2, 0.25) is 0 Å². The number of carbonyl (C=O) groups excluding carboxylic acids is 1. The SMILES string of the molecule is CSCCC(NC(=O)NCCc1cscn1)C(=O)O. The fourth-order valence-corrected chi connectivity index (χ4v) is 2.43. The molecular weight excluding hydrogens is 286 g/mol. The Kier molecular flexibility index (Phi) is 7.27. The molecule has 0 bridgehead atoms. The molecule has 0 saturated carbocycles. The van der Waals surface area contributed by atoms with Crippen molar-refractivity contribution in [2.75, 3.05) is 18.6 Å². The van der Waals surface area contributed by atoms with Crippen LogP contribution >= 0.6 is 23.1 Å². The van der Waals surface area contributed by atoms with Gasteiger partial charge in [0, 0.05) is 18.3 Å². The fraction of sp³-hybridized carbons (Fsp3) is 0.545. The van der Waals surface area contributed by atoms with Gasteiger partial charge >= 0.3 is 12.0 Å². The molecule has 0 fully saturated rings. The van der Waals surface area contributed by atoms with Crippen LogP contribution in [0.4, 0.5) is 4.79 Å². The summed E-state index contributed by atoms with van der Waals surface area (Å²) in [4.78, 5) is 26.6. The van der Waals surface area contributed by atoms with E-state index in [0.29, 0.717) is 25.1 Å². The highest BCUT2D eigenvalue weighted by Gasteiger charge is 2.18. The number of carboxylic acid groups (broad SMARTS) is 1. The van der Waals surface area contributed by atoms with Crippen molar-refractivity contribution in [2.24, 2.45) is 0 Å². The standard InChI is InChI=1S/C11H17N3O3S2/c1-18-5-3-9(10(15)16)14-11(17)12-4-2-8-6-19-7-13-8/h6-7,9H,2-5H2,1H3,(H,15,16)(H2,12,14,17). The van der Waals surface area contributed by atoms with Gasteiger partial charge in [-0.25, -0.2) is 14.6 Å². The van der Waals surface area contributed by atoms with Gasteiger partial charge in [0.2, 0.25) is 0 Å². The lowest BCUT2D eigenvalue weighted by atomic mass is 10.2. The van der Waals surface area contributed by atoms with Gasteiger partial charge in [-0.2, -0.15) is 11.8 Å². The zero-order valence-electron chi connectivity index (χ0n) is 10.6. The lowest BCUT2D eigenvalue weighted by molar-refractivity contribution is -0.139. The van der Waals surface area contributed by atoms with E-state index in [-0.39, 0.29) is 0 Å². The Hall–Kier alpha value is -1.28. The molecular formula is C11H17N3O3S2. The maximum atomic E-state index is 11.5. The summed E-state index contributed by atoms with van der Waals surface area (Å²) < 4.78 is 0. The molecule has 0 saturated heterocycles. The second kappa shape index (κ2) is 8.76. The van der Waals surface area contributed by atoms with Crippen LogP contribution in [0.25, 0.3) is 0 Å². The van der Waals surface area contributed by atoms with Crippen molar-refractivity contribution < 1.29 is 14.7 Å². The molecule has 3 N–H and O–H groups in total. The molecule has 1 unspecified atom stereocenters. The van der Waals surface area contributed by atoms with Gasteiger partial charge in [0.25, 0.3) is 0 Å². The van der Waals surface area contributed by atoms with Gasteiger partial charge in [-0.05, 0) is 18.4 Å². The van der Waals surface area contributed by atoms with Crippen LogP contribution in [-0.2, 0) is 11.2 Å². The molecule has 1 aromatic rings. The number of hydrogen-bond acceptors (Lipinski definition) is 5. The van der Waals surface area contributed by atoms with Gasteiger partial charge in [0.05, 0.1) is 11.2 Å². The first-order valence-corrected chi connectivity index (χ1v) is 8.10. The predicted octanol–water partition coefficient (Wildman–Crippen LogP) is 1.19. The van der Waals surface area contributed by atoms with Crippen molar-refractivity contribution in [3.05, 3.63) is 16.6 Å². The summed E-state index contributed by atoms with van der Waals surface area (Å²) in [7, 11) is 0. The van der Waals surface area contributed by atoms with Gasteiger partial charge in [0.1, 0.15) is 6.04 Å². The number of thioether (sulfide) groups is 1. The molecule has 0 radical (unpaired) electrons. The van der Waals surface area contributed by atoms with Gasteiger partial charge < -0.3 is 15.7 Å². The molecule has 1 atom stereocenters. The van der Waals surface area contributed by atoms with Crippen molar-refractivity contribution in [1.82, 2.24) is 15.6 Å².